The van der Waals surface area contributed by atoms with Crippen LogP contribution >= 0.6 is 0 Å². The number of aliphatic hydroxyl groups excluding tert-OH is 1. The van der Waals surface area contributed by atoms with Gasteiger partial charge >= 0.3 is 0 Å². The predicted octanol–water partition coefficient (Wildman–Crippen LogP) is 2.84. The number of carbonyl (C=O) groups is 1. The summed E-state index contributed by atoms with van der Waals surface area (Å²) in [7, 11) is 0. The summed E-state index contributed by atoms with van der Waals surface area (Å²) >= 11 is 0. The second-order valence-electron chi connectivity index (χ2n) is 5.06. The van der Waals surface area contributed by atoms with Crippen LogP contribution in [0.4, 0.5) is 0 Å². The molecule has 1 heterocycles. The molecule has 0 spiro atoms. The number of carbonyl (C=O) groups excluding carboxylic acids is 1. The van der Waals surface area contributed by atoms with Crippen molar-refractivity contribution in [1.82, 2.24) is 4.90 Å². The van der Waals surface area contributed by atoms with Crippen molar-refractivity contribution in [3.8, 4) is 0 Å². The Kier molecular flexibility index (Phi) is 2.99. The molecule has 3 rings (SSSR count). The summed E-state index contributed by atoms with van der Waals surface area (Å²) in [6.07, 6.45) is 0.325. The smallest absolute Gasteiger partial charge is 0.225 e. The summed E-state index contributed by atoms with van der Waals surface area (Å²) in [5, 5.41) is 12.3. The predicted molar refractivity (Wildman–Crippen MR) is 74.4 cm³/mol. The fraction of sp³-hybridized carbons (Fsp3) is 0.312. The maximum Gasteiger partial charge on any atom is 0.225 e. The third-order valence-corrected chi connectivity index (χ3v) is 3.92. The second-order valence-corrected chi connectivity index (χ2v) is 5.06. The summed E-state index contributed by atoms with van der Waals surface area (Å²) in [5.74, 6) is 0.0351. The van der Waals surface area contributed by atoms with Gasteiger partial charge in [-0.15, -0.1) is 0 Å². The Morgan fingerprint density at radius 2 is 1.95 bits per heavy atom. The standard InChI is InChI=1S/C16H17NO2/c1-11(17-15(18)9-10-16(17)19)13-8-4-6-12-5-2-3-7-14(12)13/h2-8,11,15,18H,9-10H2,1H3/t11-,15?/m1/s1. The van der Waals surface area contributed by atoms with Crippen molar-refractivity contribution < 1.29 is 9.90 Å². The molecule has 3 heteroatoms. The van der Waals surface area contributed by atoms with Crippen LogP contribution in [0.3, 0.4) is 0 Å². The van der Waals surface area contributed by atoms with Gasteiger partial charge in [0.15, 0.2) is 0 Å². The number of hydrogen-bond acceptors (Lipinski definition) is 2. The lowest BCUT2D eigenvalue weighted by molar-refractivity contribution is -0.136. The first-order chi connectivity index (χ1) is 9.18. The lowest BCUT2D eigenvalue weighted by Crippen LogP contribution is -2.35. The van der Waals surface area contributed by atoms with Crippen LogP contribution in [0.1, 0.15) is 31.4 Å². The van der Waals surface area contributed by atoms with E-state index >= 15 is 0 Å². The van der Waals surface area contributed by atoms with Crippen LogP contribution in [0.15, 0.2) is 42.5 Å². The van der Waals surface area contributed by atoms with Gasteiger partial charge in [0.1, 0.15) is 6.23 Å². The van der Waals surface area contributed by atoms with Gasteiger partial charge in [0.2, 0.25) is 5.91 Å². The van der Waals surface area contributed by atoms with Crippen molar-refractivity contribution in [2.24, 2.45) is 0 Å². The van der Waals surface area contributed by atoms with Gasteiger partial charge in [-0.05, 0) is 23.3 Å². The van der Waals surface area contributed by atoms with Crippen LogP contribution in [0, 0.1) is 0 Å². The van der Waals surface area contributed by atoms with Crippen molar-refractivity contribution in [1.29, 1.82) is 0 Å². The molecule has 19 heavy (non-hydrogen) atoms. The van der Waals surface area contributed by atoms with E-state index in [9.17, 15) is 9.90 Å². The molecule has 0 saturated carbocycles. The van der Waals surface area contributed by atoms with Crippen LogP contribution in [0.2, 0.25) is 0 Å². The van der Waals surface area contributed by atoms with Gasteiger partial charge in [0, 0.05) is 12.8 Å². The first-order valence-corrected chi connectivity index (χ1v) is 6.65. The van der Waals surface area contributed by atoms with E-state index in [1.54, 1.807) is 4.90 Å². The monoisotopic (exact) mass is 255 g/mol. The Morgan fingerprint density at radius 1 is 1.21 bits per heavy atom. The van der Waals surface area contributed by atoms with Gasteiger partial charge in [0.05, 0.1) is 6.04 Å². The van der Waals surface area contributed by atoms with Crippen LogP contribution in [0.25, 0.3) is 10.8 Å². The van der Waals surface area contributed by atoms with E-state index in [1.807, 2.05) is 31.2 Å². The number of benzene rings is 2. The summed E-state index contributed by atoms with van der Waals surface area (Å²) < 4.78 is 0. The van der Waals surface area contributed by atoms with E-state index < -0.39 is 6.23 Å². The topological polar surface area (TPSA) is 40.5 Å². The van der Waals surface area contributed by atoms with Crippen LogP contribution in [0.5, 0.6) is 0 Å². The Bertz CT molecular complexity index is 618. The van der Waals surface area contributed by atoms with E-state index in [-0.39, 0.29) is 11.9 Å². The van der Waals surface area contributed by atoms with Crippen LogP contribution < -0.4 is 0 Å². The molecule has 1 fully saturated rings. The first kappa shape index (κ1) is 12.2. The summed E-state index contributed by atoms with van der Waals surface area (Å²) in [6.45, 7) is 1.98. The molecule has 1 amide bonds. The van der Waals surface area contributed by atoms with Gasteiger partial charge < -0.3 is 10.0 Å². The number of hydrogen-bond donors (Lipinski definition) is 1. The fourth-order valence-electron chi connectivity index (χ4n) is 2.93. The molecule has 98 valence electrons. The molecule has 1 unspecified atom stereocenters. The van der Waals surface area contributed by atoms with E-state index in [0.717, 1.165) is 16.3 Å². The minimum absolute atomic E-state index is 0.0351. The van der Waals surface area contributed by atoms with Crippen molar-refractivity contribution in [3.63, 3.8) is 0 Å². The zero-order valence-electron chi connectivity index (χ0n) is 10.9. The number of aliphatic hydroxyl groups is 1. The molecule has 2 aromatic carbocycles. The highest BCUT2D eigenvalue weighted by Gasteiger charge is 2.33. The summed E-state index contributed by atoms with van der Waals surface area (Å²) in [4.78, 5) is 13.5. The molecule has 3 nitrogen and oxygen atoms in total. The van der Waals surface area contributed by atoms with Gasteiger partial charge in [-0.1, -0.05) is 42.5 Å². The number of amides is 1. The van der Waals surface area contributed by atoms with Crippen molar-refractivity contribution in [2.75, 3.05) is 0 Å². The molecule has 2 aromatic rings. The molecule has 1 N–H and O–H groups in total. The number of fused-ring (bicyclic) bond motifs is 1. The highest BCUT2D eigenvalue weighted by molar-refractivity contribution is 5.87. The van der Waals surface area contributed by atoms with Crippen molar-refractivity contribution in [3.05, 3.63) is 48.0 Å². The molecule has 0 aliphatic carbocycles. The summed E-state index contributed by atoms with van der Waals surface area (Å²) in [6, 6.07) is 14.1. The molecule has 1 aliphatic rings. The molecule has 1 aliphatic heterocycles. The third-order valence-electron chi connectivity index (χ3n) is 3.92. The van der Waals surface area contributed by atoms with Gasteiger partial charge in [-0.3, -0.25) is 4.79 Å². The average molecular weight is 255 g/mol. The zero-order chi connectivity index (χ0) is 13.4. The first-order valence-electron chi connectivity index (χ1n) is 6.65. The third kappa shape index (κ3) is 2.00. The van der Waals surface area contributed by atoms with Gasteiger partial charge in [0.25, 0.3) is 0 Å². The number of likely N-dealkylation sites (tertiary alicyclic amines) is 1. The maximum absolute atomic E-state index is 11.9. The van der Waals surface area contributed by atoms with E-state index in [2.05, 4.69) is 18.2 Å². The van der Waals surface area contributed by atoms with Gasteiger partial charge in [-0.2, -0.15) is 0 Å². The lowest BCUT2D eigenvalue weighted by atomic mass is 9.99. The molecule has 0 aromatic heterocycles. The molecule has 1 saturated heterocycles. The Hall–Kier alpha value is -1.87. The van der Waals surface area contributed by atoms with Crippen LogP contribution in [-0.2, 0) is 4.79 Å². The van der Waals surface area contributed by atoms with E-state index in [4.69, 9.17) is 0 Å². The summed E-state index contributed by atoms with van der Waals surface area (Å²) in [5.41, 5.74) is 1.09. The highest BCUT2D eigenvalue weighted by Crippen LogP contribution is 2.32. The Labute approximate surface area is 112 Å². The average Bonchev–Trinajstić information content (AvgIpc) is 2.77. The van der Waals surface area contributed by atoms with Crippen LogP contribution in [-0.4, -0.2) is 22.1 Å². The van der Waals surface area contributed by atoms with E-state index in [0.29, 0.717) is 12.8 Å². The molecule has 0 bridgehead atoms. The molecule has 0 radical (unpaired) electrons. The Balaban J connectivity index is 2.06. The fourth-order valence-corrected chi connectivity index (χ4v) is 2.93. The second kappa shape index (κ2) is 4.67. The molecular formula is C16H17NO2. The zero-order valence-corrected chi connectivity index (χ0v) is 10.9. The minimum atomic E-state index is -0.651. The quantitative estimate of drug-likeness (QED) is 0.896. The number of nitrogens with zero attached hydrogens (tertiary/aromatic N) is 1. The molecule has 2 atom stereocenters. The van der Waals surface area contributed by atoms with Crippen molar-refractivity contribution >= 4 is 16.7 Å². The maximum atomic E-state index is 11.9. The van der Waals surface area contributed by atoms with E-state index in [1.165, 1.54) is 0 Å². The minimum Gasteiger partial charge on any atom is -0.373 e. The number of rotatable bonds is 2. The largest absolute Gasteiger partial charge is 0.373 e. The lowest BCUT2D eigenvalue weighted by Gasteiger charge is -2.29. The Morgan fingerprint density at radius 3 is 2.68 bits per heavy atom. The van der Waals surface area contributed by atoms with Gasteiger partial charge in [-0.25, -0.2) is 0 Å². The van der Waals surface area contributed by atoms with Crippen molar-refractivity contribution in [2.45, 2.75) is 32.0 Å². The SMILES string of the molecule is C[C@H](c1cccc2ccccc12)N1C(=O)CCC1O. The highest BCUT2D eigenvalue weighted by atomic mass is 16.3. The molecular weight excluding hydrogens is 238 g/mol. The normalized spacial score (nSPS) is 21.1.